The van der Waals surface area contributed by atoms with Crippen molar-refractivity contribution in [2.24, 2.45) is 5.14 Å². The van der Waals surface area contributed by atoms with Crippen LogP contribution in [-0.4, -0.2) is 25.4 Å². The molecule has 0 bridgehead atoms. The topological polar surface area (TPSA) is 130 Å². The number of hydrogen-bond donors (Lipinski definition) is 1. The minimum absolute atomic E-state index is 0.0284. The highest BCUT2D eigenvalue weighted by Gasteiger charge is 2.25. The molecule has 2 N–H and O–H groups in total. The Kier molecular flexibility index (Phi) is 5.02. The molecular weight excluding hydrogens is 300 g/mol. The third-order valence-electron chi connectivity index (χ3n) is 2.98. The summed E-state index contributed by atoms with van der Waals surface area (Å²) in [5.74, 6) is -0.824. The Hall–Kier alpha value is -2.00. The molecule has 1 atom stereocenters. The van der Waals surface area contributed by atoms with Crippen molar-refractivity contribution in [1.82, 2.24) is 0 Å². The number of benzene rings is 1. The van der Waals surface area contributed by atoms with Crippen LogP contribution in [-0.2, 0) is 14.8 Å². The van der Waals surface area contributed by atoms with E-state index >= 15 is 0 Å². The molecule has 0 radical (unpaired) electrons. The van der Waals surface area contributed by atoms with Crippen molar-refractivity contribution < 1.29 is 22.9 Å². The first-order chi connectivity index (χ1) is 9.57. The highest BCUT2D eigenvalue weighted by atomic mass is 32.2. The Balaban J connectivity index is 3.47. The zero-order valence-electron chi connectivity index (χ0n) is 11.8. The van der Waals surface area contributed by atoms with E-state index < -0.39 is 37.6 Å². The molecule has 21 heavy (non-hydrogen) atoms. The maximum Gasteiger partial charge on any atom is 0.338 e. The quantitative estimate of drug-likeness (QED) is 0.498. The van der Waals surface area contributed by atoms with Crippen molar-refractivity contribution in [3.8, 4) is 0 Å². The second-order valence-electron chi connectivity index (χ2n) is 4.54. The Morgan fingerprint density at radius 3 is 2.48 bits per heavy atom. The molecule has 0 aliphatic rings. The van der Waals surface area contributed by atoms with Crippen molar-refractivity contribution in [2.45, 2.75) is 38.2 Å². The van der Waals surface area contributed by atoms with Crippen molar-refractivity contribution in [3.63, 3.8) is 0 Å². The van der Waals surface area contributed by atoms with Crippen molar-refractivity contribution in [1.29, 1.82) is 0 Å². The summed E-state index contributed by atoms with van der Waals surface area (Å²) in [7, 11) is -4.18. The van der Waals surface area contributed by atoms with Gasteiger partial charge in [-0.1, -0.05) is 6.92 Å². The van der Waals surface area contributed by atoms with E-state index in [-0.39, 0.29) is 11.1 Å². The lowest BCUT2D eigenvalue weighted by Gasteiger charge is -2.13. The van der Waals surface area contributed by atoms with E-state index in [1.807, 2.05) is 0 Å². The average Bonchev–Trinajstić information content (AvgIpc) is 2.36. The van der Waals surface area contributed by atoms with Gasteiger partial charge in [0, 0.05) is 11.6 Å². The Bertz CT molecular complexity index is 683. The maximum absolute atomic E-state index is 12.0. The highest BCUT2D eigenvalue weighted by Crippen LogP contribution is 2.26. The van der Waals surface area contributed by atoms with Crippen LogP contribution >= 0.6 is 0 Å². The number of sulfonamides is 1. The summed E-state index contributed by atoms with van der Waals surface area (Å²) in [6.07, 6.45) is 0.163. The third kappa shape index (κ3) is 3.99. The van der Waals surface area contributed by atoms with E-state index in [9.17, 15) is 23.3 Å². The van der Waals surface area contributed by atoms with Gasteiger partial charge in [-0.05, 0) is 26.3 Å². The average molecular weight is 316 g/mol. The first-order valence-electron chi connectivity index (χ1n) is 6.10. The molecule has 0 saturated carbocycles. The molecule has 116 valence electrons. The van der Waals surface area contributed by atoms with Crippen LogP contribution in [0.15, 0.2) is 17.0 Å². The number of ether oxygens (including phenoxy) is 1. The van der Waals surface area contributed by atoms with E-state index in [0.29, 0.717) is 6.42 Å². The van der Waals surface area contributed by atoms with Crippen LogP contribution in [0, 0.1) is 17.0 Å². The molecule has 0 spiro atoms. The molecule has 0 fully saturated rings. The summed E-state index contributed by atoms with van der Waals surface area (Å²) in [4.78, 5) is 21.7. The van der Waals surface area contributed by atoms with Crippen LogP contribution in [0.1, 0.15) is 36.2 Å². The summed E-state index contributed by atoms with van der Waals surface area (Å²) in [6, 6.07) is 1.81. The predicted molar refractivity (Wildman–Crippen MR) is 74.4 cm³/mol. The summed E-state index contributed by atoms with van der Waals surface area (Å²) >= 11 is 0. The molecule has 1 unspecified atom stereocenters. The number of nitro benzene ring substituents is 1. The van der Waals surface area contributed by atoms with Gasteiger partial charge in [0.05, 0.1) is 21.5 Å². The molecule has 0 aliphatic heterocycles. The molecule has 0 heterocycles. The zero-order valence-corrected chi connectivity index (χ0v) is 12.6. The van der Waals surface area contributed by atoms with E-state index in [1.54, 1.807) is 13.8 Å². The number of carbonyl (C=O) groups excluding carboxylic acids is 1. The van der Waals surface area contributed by atoms with Crippen LogP contribution in [0.4, 0.5) is 5.69 Å². The molecular formula is C12H16N2O6S. The molecule has 9 heteroatoms. The van der Waals surface area contributed by atoms with Crippen LogP contribution in [0.2, 0.25) is 0 Å². The molecule has 1 rings (SSSR count). The summed E-state index contributed by atoms with van der Waals surface area (Å²) in [6.45, 7) is 4.80. The number of nitrogens with zero attached hydrogens (tertiary/aromatic N) is 1. The van der Waals surface area contributed by atoms with E-state index in [2.05, 4.69) is 0 Å². The van der Waals surface area contributed by atoms with Crippen LogP contribution in [0.5, 0.6) is 0 Å². The Morgan fingerprint density at radius 2 is 2.05 bits per heavy atom. The number of rotatable bonds is 5. The van der Waals surface area contributed by atoms with Gasteiger partial charge >= 0.3 is 5.97 Å². The fourth-order valence-corrected chi connectivity index (χ4v) is 2.13. The Morgan fingerprint density at radius 1 is 1.48 bits per heavy atom. The van der Waals surface area contributed by atoms with E-state index in [0.717, 1.165) is 12.1 Å². The van der Waals surface area contributed by atoms with Gasteiger partial charge in [0.15, 0.2) is 0 Å². The number of carbonyl (C=O) groups is 1. The molecule has 0 amide bonds. The minimum Gasteiger partial charge on any atom is -0.459 e. The van der Waals surface area contributed by atoms with Gasteiger partial charge in [0.2, 0.25) is 10.0 Å². The lowest BCUT2D eigenvalue weighted by atomic mass is 10.1. The maximum atomic E-state index is 12.0. The van der Waals surface area contributed by atoms with Gasteiger partial charge < -0.3 is 4.74 Å². The predicted octanol–water partition coefficient (Wildman–Crippen LogP) is 1.51. The highest BCUT2D eigenvalue weighted by molar-refractivity contribution is 7.89. The largest absolute Gasteiger partial charge is 0.459 e. The van der Waals surface area contributed by atoms with Crippen molar-refractivity contribution in [2.75, 3.05) is 0 Å². The number of esters is 1. The number of nitro groups is 1. The SMILES string of the molecule is CCC(C)OC(=O)c1cc(S(N)(=O)=O)cc([N+](=O)[O-])c1C. The molecule has 1 aromatic carbocycles. The van der Waals surface area contributed by atoms with Crippen molar-refractivity contribution >= 4 is 21.7 Å². The van der Waals surface area contributed by atoms with Crippen LogP contribution in [0.25, 0.3) is 0 Å². The fraction of sp³-hybridized carbons (Fsp3) is 0.417. The molecule has 0 aromatic heterocycles. The van der Waals surface area contributed by atoms with Gasteiger partial charge in [-0.25, -0.2) is 18.4 Å². The first kappa shape index (κ1) is 17.1. The normalized spacial score (nSPS) is 12.8. The summed E-state index contributed by atoms with van der Waals surface area (Å²) < 4.78 is 27.8. The smallest absolute Gasteiger partial charge is 0.338 e. The second kappa shape index (κ2) is 6.19. The lowest BCUT2D eigenvalue weighted by molar-refractivity contribution is -0.385. The van der Waals surface area contributed by atoms with Gasteiger partial charge in [-0.2, -0.15) is 0 Å². The molecule has 1 aromatic rings. The fourth-order valence-electron chi connectivity index (χ4n) is 1.57. The van der Waals surface area contributed by atoms with E-state index in [4.69, 9.17) is 9.88 Å². The lowest BCUT2D eigenvalue weighted by Crippen LogP contribution is -2.18. The van der Waals surface area contributed by atoms with Crippen molar-refractivity contribution in [3.05, 3.63) is 33.4 Å². The minimum atomic E-state index is -4.18. The third-order valence-corrected chi connectivity index (χ3v) is 3.87. The standard InChI is InChI=1S/C12H16N2O6S/c1-4-7(2)20-12(15)10-5-9(21(13,18)19)6-11(8(10)3)14(16)17/h5-7H,4H2,1-3H3,(H2,13,18,19). The van der Waals surface area contributed by atoms with Gasteiger partial charge in [-0.15, -0.1) is 0 Å². The number of primary sulfonamides is 1. The second-order valence-corrected chi connectivity index (χ2v) is 6.10. The number of hydrogen-bond acceptors (Lipinski definition) is 6. The number of nitrogens with two attached hydrogens (primary N) is 1. The molecule has 8 nitrogen and oxygen atoms in total. The summed E-state index contributed by atoms with van der Waals surface area (Å²) in [5.41, 5.74) is -0.660. The first-order valence-corrected chi connectivity index (χ1v) is 7.65. The van der Waals surface area contributed by atoms with Gasteiger partial charge in [0.1, 0.15) is 0 Å². The van der Waals surface area contributed by atoms with Crippen LogP contribution < -0.4 is 5.14 Å². The Labute approximate surface area is 122 Å². The molecule has 0 aliphatic carbocycles. The molecule has 0 saturated heterocycles. The van der Waals surface area contributed by atoms with Gasteiger partial charge in [-0.3, -0.25) is 10.1 Å². The zero-order chi connectivity index (χ0) is 16.4. The van der Waals surface area contributed by atoms with Gasteiger partial charge in [0.25, 0.3) is 5.69 Å². The van der Waals surface area contributed by atoms with E-state index in [1.165, 1.54) is 6.92 Å². The monoisotopic (exact) mass is 316 g/mol. The van der Waals surface area contributed by atoms with Crippen LogP contribution in [0.3, 0.4) is 0 Å². The summed E-state index contributed by atoms with van der Waals surface area (Å²) in [5, 5.41) is 15.9.